The van der Waals surface area contributed by atoms with Crippen LogP contribution in [0.3, 0.4) is 0 Å². The normalized spacial score (nSPS) is 18.1. The Labute approximate surface area is 121 Å². The third-order valence-corrected chi connectivity index (χ3v) is 4.04. The van der Waals surface area contributed by atoms with E-state index in [1.165, 1.54) is 4.90 Å². The second-order valence-corrected chi connectivity index (χ2v) is 5.52. The fourth-order valence-corrected chi connectivity index (χ4v) is 2.59. The first-order valence-corrected chi connectivity index (χ1v) is 6.90. The van der Waals surface area contributed by atoms with Gasteiger partial charge in [0.25, 0.3) is 5.91 Å². The lowest BCUT2D eigenvalue weighted by molar-refractivity contribution is 0.0517. The molecule has 1 fully saturated rings. The summed E-state index contributed by atoms with van der Waals surface area (Å²) in [5.74, 6) is -2.03. The summed E-state index contributed by atoms with van der Waals surface area (Å²) in [5, 5.41) is 9.16. The highest BCUT2D eigenvalue weighted by Gasteiger charge is 2.27. The number of benzene rings is 1. The van der Waals surface area contributed by atoms with E-state index in [0.29, 0.717) is 25.9 Å². The van der Waals surface area contributed by atoms with Gasteiger partial charge in [-0.05, 0) is 37.8 Å². The van der Waals surface area contributed by atoms with Crippen LogP contribution in [0, 0.1) is 17.6 Å². The highest BCUT2D eigenvalue weighted by atomic mass is 35.5. The summed E-state index contributed by atoms with van der Waals surface area (Å²) < 4.78 is 27.1. The van der Waals surface area contributed by atoms with E-state index in [9.17, 15) is 18.7 Å². The quantitative estimate of drug-likeness (QED) is 0.854. The predicted octanol–water partition coefficient (Wildman–Crippen LogP) is 2.85. The van der Waals surface area contributed by atoms with E-state index in [4.69, 9.17) is 11.6 Å². The van der Waals surface area contributed by atoms with Crippen molar-refractivity contribution in [3.8, 4) is 0 Å². The minimum absolute atomic E-state index is 0.144. The van der Waals surface area contributed by atoms with Gasteiger partial charge < -0.3 is 10.0 Å². The monoisotopic (exact) mass is 303 g/mol. The van der Waals surface area contributed by atoms with Gasteiger partial charge in [0, 0.05) is 13.1 Å². The maximum atomic E-state index is 13.7. The lowest BCUT2D eigenvalue weighted by Crippen LogP contribution is -2.41. The van der Waals surface area contributed by atoms with Gasteiger partial charge in [-0.2, -0.15) is 0 Å². The summed E-state index contributed by atoms with van der Waals surface area (Å²) in [7, 11) is 0. The first-order chi connectivity index (χ1) is 9.40. The molecule has 1 heterocycles. The average Bonchev–Trinajstić information content (AvgIpc) is 2.42. The van der Waals surface area contributed by atoms with Crippen molar-refractivity contribution < 1.29 is 18.7 Å². The van der Waals surface area contributed by atoms with Crippen molar-refractivity contribution in [2.75, 3.05) is 13.1 Å². The van der Waals surface area contributed by atoms with Gasteiger partial charge >= 0.3 is 0 Å². The maximum Gasteiger partial charge on any atom is 0.256 e. The third kappa shape index (κ3) is 3.10. The first-order valence-electron chi connectivity index (χ1n) is 6.52. The van der Waals surface area contributed by atoms with Crippen molar-refractivity contribution in [2.45, 2.75) is 25.9 Å². The van der Waals surface area contributed by atoms with Crippen LogP contribution in [0.25, 0.3) is 0 Å². The van der Waals surface area contributed by atoms with Crippen LogP contribution >= 0.6 is 11.6 Å². The number of carbonyl (C=O) groups is 1. The smallest absolute Gasteiger partial charge is 0.256 e. The zero-order chi connectivity index (χ0) is 14.9. The second kappa shape index (κ2) is 6.06. The minimum Gasteiger partial charge on any atom is -0.393 e. The summed E-state index contributed by atoms with van der Waals surface area (Å²) in [5.41, 5.74) is -0.303. The molecule has 1 aromatic carbocycles. The Morgan fingerprint density at radius 3 is 2.50 bits per heavy atom. The first kappa shape index (κ1) is 15.2. The van der Waals surface area contributed by atoms with Crippen LogP contribution in [-0.4, -0.2) is 35.1 Å². The summed E-state index contributed by atoms with van der Waals surface area (Å²) in [6, 6.07) is 1.65. The average molecular weight is 304 g/mol. The Kier molecular flexibility index (Phi) is 4.60. The fourth-order valence-electron chi connectivity index (χ4n) is 2.44. The maximum absolute atomic E-state index is 13.7. The Morgan fingerprint density at radius 2 is 1.95 bits per heavy atom. The van der Waals surface area contributed by atoms with E-state index in [1.807, 2.05) is 0 Å². The van der Waals surface area contributed by atoms with Crippen LogP contribution in [-0.2, 0) is 0 Å². The van der Waals surface area contributed by atoms with E-state index in [-0.39, 0.29) is 16.5 Å². The summed E-state index contributed by atoms with van der Waals surface area (Å²) in [4.78, 5) is 13.7. The SMILES string of the molecule is CC(O)C1CCN(C(=O)c2cc(F)c(Cl)cc2F)CC1. The van der Waals surface area contributed by atoms with Gasteiger partial charge in [-0.15, -0.1) is 0 Å². The molecule has 6 heteroatoms. The predicted molar refractivity (Wildman–Crippen MR) is 71.7 cm³/mol. The van der Waals surface area contributed by atoms with Crippen LogP contribution < -0.4 is 0 Å². The molecule has 1 aliphatic rings. The molecule has 1 aliphatic heterocycles. The molecule has 1 saturated heterocycles. The topological polar surface area (TPSA) is 40.5 Å². The van der Waals surface area contributed by atoms with Crippen LogP contribution in [0.4, 0.5) is 8.78 Å². The standard InChI is InChI=1S/C14H16ClF2NO2/c1-8(19)9-2-4-18(5-3-9)14(20)10-6-13(17)11(15)7-12(10)16/h6-9,19H,2-5H2,1H3. The number of halogens is 3. The Morgan fingerprint density at radius 1 is 1.35 bits per heavy atom. The van der Waals surface area contributed by atoms with Crippen LogP contribution in [0.1, 0.15) is 30.1 Å². The number of amides is 1. The summed E-state index contributed by atoms with van der Waals surface area (Å²) in [6.07, 6.45) is 0.888. The van der Waals surface area contributed by atoms with E-state index < -0.39 is 23.6 Å². The number of rotatable bonds is 2. The molecule has 2 rings (SSSR count). The largest absolute Gasteiger partial charge is 0.393 e. The van der Waals surface area contributed by atoms with E-state index in [1.54, 1.807) is 6.92 Å². The number of hydrogen-bond donors (Lipinski definition) is 1. The summed E-state index contributed by atoms with van der Waals surface area (Å²) >= 11 is 5.46. The molecule has 0 aromatic heterocycles. The van der Waals surface area contributed by atoms with Gasteiger partial charge in [0.05, 0.1) is 16.7 Å². The molecule has 1 unspecified atom stereocenters. The highest BCUT2D eigenvalue weighted by molar-refractivity contribution is 6.30. The van der Waals surface area contributed by atoms with Gasteiger partial charge in [0.1, 0.15) is 11.6 Å². The molecule has 3 nitrogen and oxygen atoms in total. The Hall–Kier alpha value is -1.20. The molecule has 0 spiro atoms. The van der Waals surface area contributed by atoms with Crippen molar-refractivity contribution in [3.05, 3.63) is 34.4 Å². The zero-order valence-electron chi connectivity index (χ0n) is 11.1. The molecule has 1 N–H and O–H groups in total. The van der Waals surface area contributed by atoms with Crippen molar-refractivity contribution in [1.82, 2.24) is 4.90 Å². The molecule has 0 saturated carbocycles. The third-order valence-electron chi connectivity index (χ3n) is 3.75. The molecular formula is C14H16ClF2NO2. The highest BCUT2D eigenvalue weighted by Crippen LogP contribution is 2.24. The second-order valence-electron chi connectivity index (χ2n) is 5.12. The zero-order valence-corrected chi connectivity index (χ0v) is 11.8. The number of aliphatic hydroxyl groups excluding tert-OH is 1. The molecule has 1 amide bonds. The van der Waals surface area contributed by atoms with Crippen molar-refractivity contribution in [3.63, 3.8) is 0 Å². The minimum atomic E-state index is -0.820. The van der Waals surface area contributed by atoms with Crippen LogP contribution in [0.15, 0.2) is 12.1 Å². The molecule has 110 valence electrons. The van der Waals surface area contributed by atoms with E-state index in [0.717, 1.165) is 12.1 Å². The number of nitrogens with zero attached hydrogens (tertiary/aromatic N) is 1. The number of carbonyl (C=O) groups excluding carboxylic acids is 1. The van der Waals surface area contributed by atoms with Gasteiger partial charge in [-0.25, -0.2) is 8.78 Å². The van der Waals surface area contributed by atoms with Gasteiger partial charge in [0.15, 0.2) is 0 Å². The van der Waals surface area contributed by atoms with E-state index in [2.05, 4.69) is 0 Å². The lowest BCUT2D eigenvalue weighted by Gasteiger charge is -2.33. The number of hydrogen-bond acceptors (Lipinski definition) is 2. The molecule has 1 aromatic rings. The van der Waals surface area contributed by atoms with Crippen molar-refractivity contribution in [1.29, 1.82) is 0 Å². The molecule has 0 bridgehead atoms. The van der Waals surface area contributed by atoms with Crippen LogP contribution in [0.2, 0.25) is 5.02 Å². The molecule has 0 aliphatic carbocycles. The molecule has 1 atom stereocenters. The van der Waals surface area contributed by atoms with Crippen molar-refractivity contribution in [2.24, 2.45) is 5.92 Å². The van der Waals surface area contributed by atoms with Gasteiger partial charge in [-0.3, -0.25) is 4.79 Å². The number of likely N-dealkylation sites (tertiary alicyclic amines) is 1. The summed E-state index contributed by atoms with van der Waals surface area (Å²) in [6.45, 7) is 2.58. The fraction of sp³-hybridized carbons (Fsp3) is 0.500. The molecule has 20 heavy (non-hydrogen) atoms. The molecular weight excluding hydrogens is 288 g/mol. The van der Waals surface area contributed by atoms with Gasteiger partial charge in [-0.1, -0.05) is 11.6 Å². The van der Waals surface area contributed by atoms with E-state index >= 15 is 0 Å². The Balaban J connectivity index is 2.11. The van der Waals surface area contributed by atoms with Crippen LogP contribution in [0.5, 0.6) is 0 Å². The number of piperidine rings is 1. The Bertz CT molecular complexity index is 514. The van der Waals surface area contributed by atoms with Gasteiger partial charge in [0.2, 0.25) is 0 Å². The number of aliphatic hydroxyl groups is 1. The molecule has 0 radical (unpaired) electrons. The lowest BCUT2D eigenvalue weighted by atomic mass is 9.92. The van der Waals surface area contributed by atoms with Crippen molar-refractivity contribution >= 4 is 17.5 Å².